The molecule has 0 unspecified atom stereocenters. The van der Waals surface area contributed by atoms with E-state index in [1.807, 2.05) is 13.8 Å². The Labute approximate surface area is 62.0 Å². The summed E-state index contributed by atoms with van der Waals surface area (Å²) in [6.45, 7) is 3.71. The van der Waals surface area contributed by atoms with Gasteiger partial charge in [-0.05, 0) is 0 Å². The third-order valence-corrected chi connectivity index (χ3v) is 0.483. The zero-order valence-corrected chi connectivity index (χ0v) is 7.00. The number of carbonyl (C=O) groups excluding carboxylic acids is 2. The van der Waals surface area contributed by atoms with Crippen molar-refractivity contribution in [2.75, 3.05) is 14.1 Å². The first kappa shape index (κ1) is 11.9. The van der Waals surface area contributed by atoms with Gasteiger partial charge >= 0.3 is 0 Å². The van der Waals surface area contributed by atoms with E-state index in [9.17, 15) is 9.59 Å². The predicted molar refractivity (Wildman–Crippen MR) is 40.7 cm³/mol. The lowest BCUT2D eigenvalue weighted by Gasteiger charge is -1.93. The number of rotatable bonds is 2. The van der Waals surface area contributed by atoms with Crippen LogP contribution in [0.2, 0.25) is 0 Å². The van der Waals surface area contributed by atoms with Crippen LogP contribution in [0.15, 0.2) is 0 Å². The van der Waals surface area contributed by atoms with Crippen molar-refractivity contribution in [1.82, 2.24) is 4.90 Å². The first-order valence-corrected chi connectivity index (χ1v) is 3.11. The highest BCUT2D eigenvalue weighted by Crippen LogP contribution is 1.78. The van der Waals surface area contributed by atoms with Crippen molar-refractivity contribution >= 4 is 12.7 Å². The Hall–Kier alpha value is -0.860. The van der Waals surface area contributed by atoms with Gasteiger partial charge in [-0.15, -0.1) is 0 Å². The van der Waals surface area contributed by atoms with Crippen LogP contribution in [0.3, 0.4) is 0 Å². The maximum Gasteiger partial charge on any atom is 0.209 e. The number of aldehydes is 1. The van der Waals surface area contributed by atoms with Gasteiger partial charge in [0.15, 0.2) is 0 Å². The van der Waals surface area contributed by atoms with Gasteiger partial charge in [0.05, 0.1) is 0 Å². The van der Waals surface area contributed by atoms with Crippen LogP contribution in [-0.2, 0) is 9.59 Å². The van der Waals surface area contributed by atoms with Crippen LogP contribution < -0.4 is 0 Å². The third kappa shape index (κ3) is 27.3. The van der Waals surface area contributed by atoms with E-state index in [0.29, 0.717) is 0 Å². The first-order chi connectivity index (χ1) is 4.54. The van der Waals surface area contributed by atoms with E-state index in [1.165, 1.54) is 4.90 Å². The van der Waals surface area contributed by atoms with E-state index in [2.05, 4.69) is 0 Å². The van der Waals surface area contributed by atoms with E-state index in [0.717, 1.165) is 12.7 Å². The molecule has 0 aliphatic carbocycles. The van der Waals surface area contributed by atoms with Gasteiger partial charge in [-0.3, -0.25) is 4.79 Å². The van der Waals surface area contributed by atoms with Gasteiger partial charge in [0.1, 0.15) is 6.29 Å². The minimum atomic E-state index is 0.204. The van der Waals surface area contributed by atoms with Crippen LogP contribution in [0.5, 0.6) is 0 Å². The molecular formula is C7H15NO2. The molecule has 0 rings (SSSR count). The molecule has 0 aromatic carbocycles. The molecule has 0 bridgehead atoms. The molecule has 0 saturated heterocycles. The van der Waals surface area contributed by atoms with Gasteiger partial charge in [0, 0.05) is 20.0 Å². The summed E-state index contributed by atoms with van der Waals surface area (Å²) >= 11 is 0. The molecule has 1 amide bonds. The smallest absolute Gasteiger partial charge is 0.209 e. The van der Waals surface area contributed by atoms with Gasteiger partial charge in [-0.25, -0.2) is 0 Å². The molecule has 0 N–H and O–H groups in total. The monoisotopic (exact) mass is 145 g/mol. The maximum atomic E-state index is 9.50. The minimum absolute atomic E-state index is 0.204. The van der Waals surface area contributed by atoms with E-state index >= 15 is 0 Å². The van der Waals surface area contributed by atoms with Crippen molar-refractivity contribution < 1.29 is 9.59 Å². The Morgan fingerprint density at radius 3 is 1.40 bits per heavy atom. The van der Waals surface area contributed by atoms with Gasteiger partial charge in [0.2, 0.25) is 6.41 Å². The van der Waals surface area contributed by atoms with Crippen molar-refractivity contribution in [3.05, 3.63) is 0 Å². The molecule has 0 aliphatic heterocycles. The fourth-order valence-corrected chi connectivity index (χ4v) is 0. The number of nitrogens with zero attached hydrogens (tertiary/aromatic N) is 1. The maximum absolute atomic E-state index is 9.50. The second-order valence-corrected chi connectivity index (χ2v) is 2.45. The predicted octanol–water partition coefficient (Wildman–Crippen LogP) is 0.546. The molecule has 0 aliphatic rings. The molecule has 0 spiro atoms. The summed E-state index contributed by atoms with van der Waals surface area (Å²) in [4.78, 5) is 20.4. The van der Waals surface area contributed by atoms with Crippen LogP contribution >= 0.6 is 0 Å². The van der Waals surface area contributed by atoms with E-state index in [4.69, 9.17) is 0 Å². The molecule has 0 aromatic rings. The highest BCUT2D eigenvalue weighted by atomic mass is 16.1. The fraction of sp³-hybridized carbons (Fsp3) is 0.714. The first-order valence-electron chi connectivity index (χ1n) is 3.11. The summed E-state index contributed by atoms with van der Waals surface area (Å²) < 4.78 is 0. The minimum Gasteiger partial charge on any atom is -0.351 e. The lowest BCUT2D eigenvalue weighted by molar-refractivity contribution is -0.116. The van der Waals surface area contributed by atoms with E-state index in [1.54, 1.807) is 14.1 Å². The quantitative estimate of drug-likeness (QED) is 0.532. The lowest BCUT2D eigenvalue weighted by Crippen LogP contribution is -2.06. The zero-order chi connectivity index (χ0) is 8.57. The molecule has 60 valence electrons. The number of hydrogen-bond donors (Lipinski definition) is 0. The largest absolute Gasteiger partial charge is 0.351 e. The Kier molecular flexibility index (Phi) is 9.67. The Bertz CT molecular complexity index is 77.6. The highest BCUT2D eigenvalue weighted by Gasteiger charge is 1.79. The van der Waals surface area contributed by atoms with Crippen molar-refractivity contribution in [1.29, 1.82) is 0 Å². The van der Waals surface area contributed by atoms with Gasteiger partial charge in [-0.2, -0.15) is 0 Å². The SMILES string of the molecule is CC(C)C=O.CN(C)C=O. The summed E-state index contributed by atoms with van der Waals surface area (Å²) in [6.07, 6.45) is 1.67. The summed E-state index contributed by atoms with van der Waals surface area (Å²) in [5, 5.41) is 0. The highest BCUT2D eigenvalue weighted by molar-refractivity contribution is 5.51. The van der Waals surface area contributed by atoms with Crippen molar-refractivity contribution in [2.24, 2.45) is 5.92 Å². The molecule has 0 fully saturated rings. The summed E-state index contributed by atoms with van der Waals surface area (Å²) in [7, 11) is 3.38. The van der Waals surface area contributed by atoms with Crippen LogP contribution in [-0.4, -0.2) is 31.7 Å². The number of carbonyl (C=O) groups is 2. The Morgan fingerprint density at radius 1 is 1.20 bits per heavy atom. The molecule has 3 heteroatoms. The number of amides is 1. The zero-order valence-electron chi connectivity index (χ0n) is 7.00. The molecule has 10 heavy (non-hydrogen) atoms. The van der Waals surface area contributed by atoms with Crippen molar-refractivity contribution in [2.45, 2.75) is 13.8 Å². The molecule has 0 heterocycles. The van der Waals surface area contributed by atoms with Gasteiger partial charge in [-0.1, -0.05) is 13.8 Å². The van der Waals surface area contributed by atoms with Crippen molar-refractivity contribution in [3.8, 4) is 0 Å². The normalized spacial score (nSPS) is 7.70. The molecule has 0 aromatic heterocycles. The Morgan fingerprint density at radius 2 is 1.40 bits per heavy atom. The van der Waals surface area contributed by atoms with Crippen LogP contribution in [0.4, 0.5) is 0 Å². The topological polar surface area (TPSA) is 37.4 Å². The average molecular weight is 145 g/mol. The second kappa shape index (κ2) is 8.14. The summed E-state index contributed by atoms with van der Waals surface area (Å²) in [5.41, 5.74) is 0. The third-order valence-electron chi connectivity index (χ3n) is 0.483. The van der Waals surface area contributed by atoms with Crippen LogP contribution in [0.1, 0.15) is 13.8 Å². The molecule has 0 radical (unpaired) electrons. The lowest BCUT2D eigenvalue weighted by atomic mass is 10.3. The van der Waals surface area contributed by atoms with Gasteiger partial charge in [0.25, 0.3) is 0 Å². The van der Waals surface area contributed by atoms with Crippen LogP contribution in [0.25, 0.3) is 0 Å². The second-order valence-electron chi connectivity index (χ2n) is 2.45. The van der Waals surface area contributed by atoms with E-state index < -0.39 is 0 Å². The van der Waals surface area contributed by atoms with Gasteiger partial charge < -0.3 is 9.69 Å². The summed E-state index contributed by atoms with van der Waals surface area (Å²) in [6, 6.07) is 0. The van der Waals surface area contributed by atoms with E-state index in [-0.39, 0.29) is 5.92 Å². The fourth-order valence-electron chi connectivity index (χ4n) is 0. The van der Waals surface area contributed by atoms with Crippen molar-refractivity contribution in [3.63, 3.8) is 0 Å². The van der Waals surface area contributed by atoms with Crippen LogP contribution in [0, 0.1) is 5.92 Å². The Balaban J connectivity index is 0. The standard InChI is InChI=1S/C4H8O.C3H7NO/c2*1-4(2)3-5/h3-4H,1-2H3;3H,1-2H3. The summed E-state index contributed by atoms with van der Waals surface area (Å²) in [5.74, 6) is 0.204. The number of hydrogen-bond acceptors (Lipinski definition) is 2. The molecular weight excluding hydrogens is 130 g/mol. The average Bonchev–Trinajstić information content (AvgIpc) is 1.89. The molecule has 0 saturated carbocycles. The molecule has 0 atom stereocenters. The molecule has 3 nitrogen and oxygen atoms in total.